The van der Waals surface area contributed by atoms with Crippen LogP contribution in [0.15, 0.2) is 60.7 Å². The Bertz CT molecular complexity index is 1220. The van der Waals surface area contributed by atoms with E-state index in [4.69, 9.17) is 26.3 Å². The van der Waals surface area contributed by atoms with Crippen molar-refractivity contribution >= 4 is 23.2 Å². The average Bonchev–Trinajstić information content (AvgIpc) is 3.24. The van der Waals surface area contributed by atoms with E-state index in [0.29, 0.717) is 16.8 Å². The number of ether oxygens (including phenoxy) is 1. The highest BCUT2D eigenvalue weighted by Crippen LogP contribution is 2.32. The summed E-state index contributed by atoms with van der Waals surface area (Å²) < 4.78 is 5.91. The van der Waals surface area contributed by atoms with Crippen molar-refractivity contribution in [1.29, 1.82) is 0 Å². The van der Waals surface area contributed by atoms with E-state index in [2.05, 4.69) is 45.8 Å². The van der Waals surface area contributed by atoms with Gasteiger partial charge in [-0.05, 0) is 68.4 Å². The van der Waals surface area contributed by atoms with Gasteiger partial charge >= 0.3 is 0 Å². The monoisotopic (exact) mass is 459 g/mol. The molecule has 2 aromatic heterocycles. The molecule has 2 heterocycles. The van der Waals surface area contributed by atoms with E-state index in [1.165, 1.54) is 11.1 Å². The molecule has 0 fully saturated rings. The maximum Gasteiger partial charge on any atom is 0.168 e. The number of rotatable bonds is 7. The van der Waals surface area contributed by atoms with E-state index in [9.17, 15) is 0 Å². The van der Waals surface area contributed by atoms with Crippen molar-refractivity contribution in [2.24, 2.45) is 5.92 Å². The summed E-state index contributed by atoms with van der Waals surface area (Å²) in [6, 6.07) is 20.0. The lowest BCUT2D eigenvalue weighted by molar-refractivity contribution is 0.294. The molecular weight excluding hydrogens is 434 g/mol. The zero-order valence-corrected chi connectivity index (χ0v) is 19.3. The first-order chi connectivity index (χ1) is 16.1. The van der Waals surface area contributed by atoms with Gasteiger partial charge in [-0.2, -0.15) is 5.10 Å². The van der Waals surface area contributed by atoms with Crippen molar-refractivity contribution in [3.8, 4) is 5.75 Å². The third-order valence-corrected chi connectivity index (χ3v) is 6.17. The van der Waals surface area contributed by atoms with Gasteiger partial charge in [0.05, 0.1) is 0 Å². The summed E-state index contributed by atoms with van der Waals surface area (Å²) in [6.45, 7) is 2.27. The fraction of sp³-hybridized carbons (Fsp3) is 0.269. The number of aromatic amines is 1. The molecule has 5 rings (SSSR count). The molecule has 0 bridgehead atoms. The SMILES string of the molecule is Cc1cc(Nc2nc(COc3ccc(Cl)cc3)nc3c2CC(Cc2ccccc2)CC3)n[nH]1. The van der Waals surface area contributed by atoms with Crippen LogP contribution < -0.4 is 10.1 Å². The summed E-state index contributed by atoms with van der Waals surface area (Å²) in [5.74, 6) is 3.52. The van der Waals surface area contributed by atoms with E-state index in [-0.39, 0.29) is 6.61 Å². The largest absolute Gasteiger partial charge is 0.486 e. The highest BCUT2D eigenvalue weighted by molar-refractivity contribution is 6.30. The van der Waals surface area contributed by atoms with Gasteiger partial charge in [-0.25, -0.2) is 9.97 Å². The molecule has 2 N–H and O–H groups in total. The summed E-state index contributed by atoms with van der Waals surface area (Å²) >= 11 is 5.97. The molecule has 0 aliphatic heterocycles. The fourth-order valence-corrected chi connectivity index (χ4v) is 4.43. The lowest BCUT2D eigenvalue weighted by Crippen LogP contribution is -2.21. The van der Waals surface area contributed by atoms with Crippen LogP contribution in [0.3, 0.4) is 0 Å². The zero-order chi connectivity index (χ0) is 22.6. The number of hydrogen-bond acceptors (Lipinski definition) is 5. The Morgan fingerprint density at radius 2 is 1.91 bits per heavy atom. The van der Waals surface area contributed by atoms with Crippen LogP contribution in [0, 0.1) is 12.8 Å². The second-order valence-corrected chi connectivity index (χ2v) is 8.95. The number of nitrogens with zero attached hydrogens (tertiary/aromatic N) is 3. The smallest absolute Gasteiger partial charge is 0.168 e. The van der Waals surface area contributed by atoms with Crippen LogP contribution >= 0.6 is 11.6 Å². The van der Waals surface area contributed by atoms with E-state index >= 15 is 0 Å². The number of aryl methyl sites for hydroxylation is 2. The first-order valence-electron chi connectivity index (χ1n) is 11.2. The number of hydrogen-bond donors (Lipinski definition) is 2. The van der Waals surface area contributed by atoms with Crippen molar-refractivity contribution in [2.75, 3.05) is 5.32 Å². The van der Waals surface area contributed by atoms with Gasteiger partial charge in [0, 0.05) is 28.0 Å². The predicted molar refractivity (Wildman–Crippen MR) is 130 cm³/mol. The summed E-state index contributed by atoms with van der Waals surface area (Å²) in [5, 5.41) is 11.4. The lowest BCUT2D eigenvalue weighted by Gasteiger charge is -2.26. The molecule has 1 unspecified atom stereocenters. The molecule has 0 saturated heterocycles. The van der Waals surface area contributed by atoms with E-state index in [0.717, 1.165) is 54.5 Å². The van der Waals surface area contributed by atoms with Gasteiger partial charge in [-0.3, -0.25) is 5.10 Å². The molecule has 6 nitrogen and oxygen atoms in total. The van der Waals surface area contributed by atoms with Crippen LogP contribution in [-0.2, 0) is 25.9 Å². The van der Waals surface area contributed by atoms with Gasteiger partial charge in [0.25, 0.3) is 0 Å². The quantitative estimate of drug-likeness (QED) is 0.363. The van der Waals surface area contributed by atoms with Gasteiger partial charge in [-0.1, -0.05) is 41.9 Å². The van der Waals surface area contributed by atoms with Crippen LogP contribution in [0.5, 0.6) is 5.75 Å². The van der Waals surface area contributed by atoms with Gasteiger partial charge in [0.15, 0.2) is 11.6 Å². The Balaban J connectivity index is 1.39. The number of benzene rings is 2. The van der Waals surface area contributed by atoms with Gasteiger partial charge < -0.3 is 10.1 Å². The third kappa shape index (κ3) is 5.34. The van der Waals surface area contributed by atoms with Crippen LogP contribution in [-0.4, -0.2) is 20.2 Å². The Morgan fingerprint density at radius 1 is 1.09 bits per heavy atom. The van der Waals surface area contributed by atoms with Crippen molar-refractivity contribution < 1.29 is 4.74 Å². The van der Waals surface area contributed by atoms with Crippen molar-refractivity contribution in [3.63, 3.8) is 0 Å². The normalized spacial score (nSPS) is 15.2. The maximum atomic E-state index is 5.97. The Hall–Kier alpha value is -3.38. The van der Waals surface area contributed by atoms with Crippen LogP contribution in [0.2, 0.25) is 5.02 Å². The average molecular weight is 460 g/mol. The Labute approximate surface area is 198 Å². The van der Waals surface area contributed by atoms with Gasteiger partial charge in [0.2, 0.25) is 0 Å². The molecule has 7 heteroatoms. The number of aromatic nitrogens is 4. The molecule has 2 aromatic carbocycles. The minimum Gasteiger partial charge on any atom is -0.486 e. The number of anilines is 2. The zero-order valence-electron chi connectivity index (χ0n) is 18.5. The molecule has 0 spiro atoms. The molecule has 1 atom stereocenters. The van der Waals surface area contributed by atoms with E-state index < -0.39 is 0 Å². The molecule has 1 aliphatic rings. The van der Waals surface area contributed by atoms with Gasteiger partial charge in [0.1, 0.15) is 18.2 Å². The summed E-state index contributed by atoms with van der Waals surface area (Å²) in [4.78, 5) is 9.70. The highest BCUT2D eigenvalue weighted by atomic mass is 35.5. The lowest BCUT2D eigenvalue weighted by atomic mass is 9.83. The first kappa shape index (κ1) is 21.5. The molecule has 0 saturated carbocycles. The Kier molecular flexibility index (Phi) is 6.26. The molecule has 0 amide bonds. The fourth-order valence-electron chi connectivity index (χ4n) is 4.31. The minimum absolute atomic E-state index is 0.288. The Morgan fingerprint density at radius 3 is 2.67 bits per heavy atom. The molecule has 33 heavy (non-hydrogen) atoms. The van der Waals surface area contributed by atoms with Crippen molar-refractivity contribution in [3.05, 3.63) is 94.0 Å². The van der Waals surface area contributed by atoms with Crippen LogP contribution in [0.25, 0.3) is 0 Å². The summed E-state index contributed by atoms with van der Waals surface area (Å²) in [5.41, 5.74) is 4.64. The third-order valence-electron chi connectivity index (χ3n) is 5.92. The minimum atomic E-state index is 0.288. The number of fused-ring (bicyclic) bond motifs is 1. The second kappa shape index (κ2) is 9.63. The number of H-pyrrole nitrogens is 1. The van der Waals surface area contributed by atoms with Crippen LogP contribution in [0.1, 0.15) is 34.8 Å². The van der Waals surface area contributed by atoms with Crippen molar-refractivity contribution in [2.45, 2.75) is 39.2 Å². The van der Waals surface area contributed by atoms with Crippen LogP contribution in [0.4, 0.5) is 11.6 Å². The van der Waals surface area contributed by atoms with E-state index in [1.54, 1.807) is 0 Å². The topological polar surface area (TPSA) is 75.7 Å². The highest BCUT2D eigenvalue weighted by Gasteiger charge is 2.25. The molecule has 168 valence electrons. The molecular formula is C26H26ClN5O. The summed E-state index contributed by atoms with van der Waals surface area (Å²) in [7, 11) is 0. The maximum absolute atomic E-state index is 5.97. The predicted octanol–water partition coefficient (Wildman–Crippen LogP) is 5.83. The molecule has 1 aliphatic carbocycles. The second-order valence-electron chi connectivity index (χ2n) is 8.52. The van der Waals surface area contributed by atoms with Gasteiger partial charge in [-0.15, -0.1) is 0 Å². The number of halogens is 1. The standard InChI is InChI=1S/C26H26ClN5O/c1-17-13-24(32-31-17)29-26-22-15-19(14-18-5-3-2-4-6-18)7-12-23(22)28-25(30-26)16-33-21-10-8-20(27)9-11-21/h2-6,8-11,13,19H,7,12,14-16H2,1H3,(H2,28,29,30,31,32). The summed E-state index contributed by atoms with van der Waals surface area (Å²) in [6.07, 6.45) is 4.03. The molecule has 0 radical (unpaired) electrons. The number of nitrogens with one attached hydrogen (secondary N) is 2. The van der Waals surface area contributed by atoms with Crippen molar-refractivity contribution in [1.82, 2.24) is 20.2 Å². The molecule has 4 aromatic rings. The first-order valence-corrected chi connectivity index (χ1v) is 11.6. The van der Waals surface area contributed by atoms with E-state index in [1.807, 2.05) is 37.3 Å².